The fraction of sp³-hybridized carbons (Fsp3) is 0.889. The van der Waals surface area contributed by atoms with Crippen LogP contribution >= 0.6 is 7.60 Å². The molecule has 10 heteroatoms. The second-order valence-corrected chi connectivity index (χ2v) is 8.71. The first-order valence-corrected chi connectivity index (χ1v) is 12.0. The molecule has 9 nitrogen and oxygen atoms in total. The number of methoxy groups -OCH3 is 1. The van der Waals surface area contributed by atoms with Crippen molar-refractivity contribution in [2.24, 2.45) is 5.73 Å². The smallest absolute Gasteiger partial charge is 0.325 e. The van der Waals surface area contributed by atoms with E-state index in [2.05, 4.69) is 10.6 Å². The third-order valence-electron chi connectivity index (χ3n) is 4.05. The molecule has 2 amide bonds. The lowest BCUT2D eigenvalue weighted by molar-refractivity contribution is -0.129. The van der Waals surface area contributed by atoms with Gasteiger partial charge in [0.05, 0.1) is 6.61 Å². The van der Waals surface area contributed by atoms with E-state index in [1.165, 1.54) is 0 Å². The molecule has 0 saturated heterocycles. The molecule has 0 aliphatic carbocycles. The molecule has 0 aromatic rings. The Balaban J connectivity index is 4.20. The van der Waals surface area contributed by atoms with Gasteiger partial charge in [-0.25, -0.2) is 0 Å². The number of carbonyl (C=O) groups is 2. The van der Waals surface area contributed by atoms with Crippen molar-refractivity contribution in [3.05, 3.63) is 0 Å². The van der Waals surface area contributed by atoms with Gasteiger partial charge in [0.25, 0.3) is 0 Å². The first kappa shape index (κ1) is 27.0. The van der Waals surface area contributed by atoms with Crippen LogP contribution in [0.4, 0.5) is 0 Å². The normalized spacial score (nSPS) is 14.3. The number of carbonyl (C=O) groups excluding carboxylic acids is 2. The lowest BCUT2D eigenvalue weighted by atomic mass is 10.1. The van der Waals surface area contributed by atoms with Crippen molar-refractivity contribution >= 4 is 19.4 Å². The zero-order chi connectivity index (χ0) is 21.3. The van der Waals surface area contributed by atoms with Gasteiger partial charge in [0.1, 0.15) is 6.04 Å². The summed E-state index contributed by atoms with van der Waals surface area (Å²) in [5.74, 6) is -0.339. The van der Waals surface area contributed by atoms with E-state index in [4.69, 9.17) is 19.9 Å². The summed E-state index contributed by atoms with van der Waals surface area (Å²) in [7, 11) is -1.80. The highest BCUT2D eigenvalue weighted by Crippen LogP contribution is 2.36. The first-order chi connectivity index (χ1) is 13.3. The van der Waals surface area contributed by atoms with E-state index in [1.54, 1.807) is 7.11 Å². The van der Waals surface area contributed by atoms with Crippen LogP contribution in [0, 0.1) is 0 Å². The molecule has 0 bridgehead atoms. The maximum Gasteiger partial charge on any atom is 0.325 e. The maximum atomic E-state index is 12.4. The summed E-state index contributed by atoms with van der Waals surface area (Å²) >= 11 is 0. The van der Waals surface area contributed by atoms with Gasteiger partial charge in [-0.2, -0.15) is 0 Å². The van der Waals surface area contributed by atoms with E-state index in [-0.39, 0.29) is 18.4 Å². The highest BCUT2D eigenvalue weighted by Gasteiger charge is 2.19. The van der Waals surface area contributed by atoms with Gasteiger partial charge >= 0.3 is 7.60 Å². The third-order valence-corrected chi connectivity index (χ3v) is 4.71. The molecule has 0 aliphatic rings. The Morgan fingerprint density at radius 1 is 1.07 bits per heavy atom. The number of hydrogen-bond donors (Lipinski definition) is 4. The second-order valence-electron chi connectivity index (χ2n) is 6.84. The van der Waals surface area contributed by atoms with Crippen molar-refractivity contribution in [1.29, 1.82) is 0 Å². The summed E-state index contributed by atoms with van der Waals surface area (Å²) in [5, 5.41) is 5.63. The van der Waals surface area contributed by atoms with Gasteiger partial charge in [-0.1, -0.05) is 6.42 Å². The standard InChI is InChI=1S/C18H38N3O6P/c1-26-14-8-3-4-11-17(22)21-16(10-5-6-12-19)18(23)20-13-7-9-15-27-28(2,24)25/h16H,3-15,19H2,1-2H3,(H,20,23)(H,21,22)(H,24,25)/t16-/m0/s1. The van der Waals surface area contributed by atoms with Gasteiger partial charge in [-0.15, -0.1) is 0 Å². The largest absolute Gasteiger partial charge is 0.385 e. The number of ether oxygens (including phenoxy) is 1. The van der Waals surface area contributed by atoms with E-state index < -0.39 is 13.6 Å². The molecule has 0 aliphatic heterocycles. The molecular formula is C18H38N3O6P. The molecule has 0 aromatic carbocycles. The van der Waals surface area contributed by atoms with E-state index in [9.17, 15) is 14.2 Å². The Bertz CT molecular complexity index is 472. The van der Waals surface area contributed by atoms with Gasteiger partial charge in [-0.3, -0.25) is 14.2 Å². The van der Waals surface area contributed by atoms with Crippen molar-refractivity contribution in [2.45, 2.75) is 63.8 Å². The van der Waals surface area contributed by atoms with Crippen LogP contribution in [0.3, 0.4) is 0 Å². The fourth-order valence-corrected chi connectivity index (χ4v) is 3.00. The molecule has 1 unspecified atom stereocenters. The summed E-state index contributed by atoms with van der Waals surface area (Å²) < 4.78 is 20.8. The Morgan fingerprint density at radius 2 is 1.79 bits per heavy atom. The van der Waals surface area contributed by atoms with Crippen molar-refractivity contribution < 1.29 is 28.3 Å². The van der Waals surface area contributed by atoms with Crippen LogP contribution in [-0.4, -0.2) is 62.8 Å². The quantitative estimate of drug-likeness (QED) is 0.194. The van der Waals surface area contributed by atoms with Gasteiger partial charge in [0.15, 0.2) is 0 Å². The number of rotatable bonds is 18. The second kappa shape index (κ2) is 16.9. The van der Waals surface area contributed by atoms with Crippen LogP contribution in [0.2, 0.25) is 0 Å². The first-order valence-electron chi connectivity index (χ1n) is 10.0. The average molecular weight is 423 g/mol. The minimum absolute atomic E-state index is 0.125. The van der Waals surface area contributed by atoms with E-state index in [0.29, 0.717) is 45.4 Å². The molecule has 0 fully saturated rings. The van der Waals surface area contributed by atoms with Crippen LogP contribution < -0.4 is 16.4 Å². The van der Waals surface area contributed by atoms with Gasteiger partial charge < -0.3 is 30.5 Å². The Morgan fingerprint density at radius 3 is 2.43 bits per heavy atom. The van der Waals surface area contributed by atoms with Crippen LogP contribution in [0.25, 0.3) is 0 Å². The predicted octanol–water partition coefficient (Wildman–Crippen LogP) is 1.54. The fourth-order valence-electron chi connectivity index (χ4n) is 2.53. The zero-order valence-electron chi connectivity index (χ0n) is 17.3. The summed E-state index contributed by atoms with van der Waals surface area (Å²) in [6.07, 6.45) is 6.26. The summed E-state index contributed by atoms with van der Waals surface area (Å²) in [4.78, 5) is 33.5. The maximum absolute atomic E-state index is 12.4. The Kier molecular flexibility index (Phi) is 16.3. The number of nitrogens with two attached hydrogens (primary N) is 1. The zero-order valence-corrected chi connectivity index (χ0v) is 18.2. The summed E-state index contributed by atoms with van der Waals surface area (Å²) in [6.45, 7) is 2.96. The average Bonchev–Trinajstić information content (AvgIpc) is 2.62. The lowest BCUT2D eigenvalue weighted by Gasteiger charge is -2.18. The van der Waals surface area contributed by atoms with Gasteiger partial charge in [-0.05, 0) is 51.5 Å². The molecule has 0 spiro atoms. The van der Waals surface area contributed by atoms with Gasteiger partial charge in [0.2, 0.25) is 11.8 Å². The number of nitrogens with one attached hydrogen (secondary N) is 2. The molecule has 2 atom stereocenters. The number of hydrogen-bond acceptors (Lipinski definition) is 6. The lowest BCUT2D eigenvalue weighted by Crippen LogP contribution is -2.47. The minimum atomic E-state index is -3.45. The third kappa shape index (κ3) is 17.1. The molecule has 166 valence electrons. The number of amides is 2. The van der Waals surface area contributed by atoms with Gasteiger partial charge in [0, 0.05) is 33.3 Å². The van der Waals surface area contributed by atoms with E-state index in [1.807, 2.05) is 0 Å². The van der Waals surface area contributed by atoms with Crippen LogP contribution in [0.1, 0.15) is 57.8 Å². The number of unbranched alkanes of at least 4 members (excludes halogenated alkanes) is 4. The van der Waals surface area contributed by atoms with Crippen LogP contribution in [0.5, 0.6) is 0 Å². The van der Waals surface area contributed by atoms with Crippen molar-refractivity contribution in [2.75, 3.05) is 40.1 Å². The van der Waals surface area contributed by atoms with Crippen molar-refractivity contribution in [1.82, 2.24) is 10.6 Å². The highest BCUT2D eigenvalue weighted by atomic mass is 31.2. The van der Waals surface area contributed by atoms with E-state index >= 15 is 0 Å². The minimum Gasteiger partial charge on any atom is -0.385 e. The molecule has 0 rings (SSSR count). The SMILES string of the molecule is COCCCCCC(=O)N[C@@H](CCCCN)C(=O)NCCCCOP(C)(=O)O. The van der Waals surface area contributed by atoms with Crippen molar-refractivity contribution in [3.8, 4) is 0 Å². The molecular weight excluding hydrogens is 385 g/mol. The highest BCUT2D eigenvalue weighted by molar-refractivity contribution is 7.51. The summed E-state index contributed by atoms with van der Waals surface area (Å²) in [6, 6.07) is -0.567. The Hall–Kier alpha value is -0.990. The molecule has 0 saturated carbocycles. The van der Waals surface area contributed by atoms with Crippen LogP contribution in [-0.2, 0) is 23.4 Å². The molecule has 0 heterocycles. The molecule has 0 radical (unpaired) electrons. The van der Waals surface area contributed by atoms with E-state index in [0.717, 1.165) is 38.8 Å². The summed E-state index contributed by atoms with van der Waals surface area (Å²) in [5.41, 5.74) is 5.51. The molecule has 0 aromatic heterocycles. The predicted molar refractivity (Wildman–Crippen MR) is 109 cm³/mol. The molecule has 28 heavy (non-hydrogen) atoms. The van der Waals surface area contributed by atoms with Crippen LogP contribution in [0.15, 0.2) is 0 Å². The molecule has 5 N–H and O–H groups in total. The monoisotopic (exact) mass is 423 g/mol. The Labute approximate surface area is 168 Å². The topological polar surface area (TPSA) is 140 Å². The van der Waals surface area contributed by atoms with Crippen molar-refractivity contribution in [3.63, 3.8) is 0 Å².